The van der Waals surface area contributed by atoms with Gasteiger partial charge in [0.05, 0.1) is 5.69 Å². The van der Waals surface area contributed by atoms with Crippen molar-refractivity contribution in [2.75, 3.05) is 5.32 Å². The van der Waals surface area contributed by atoms with Crippen molar-refractivity contribution in [1.29, 1.82) is 0 Å². The van der Waals surface area contributed by atoms with E-state index in [2.05, 4.69) is 73.8 Å². The highest BCUT2D eigenvalue weighted by Gasteiger charge is 2.07. The summed E-state index contributed by atoms with van der Waals surface area (Å²) < 4.78 is 0. The highest BCUT2D eigenvalue weighted by atomic mass is 14.9. The Kier molecular flexibility index (Phi) is 2.67. The second-order valence-electron chi connectivity index (χ2n) is 4.99. The van der Waals surface area contributed by atoms with E-state index < -0.39 is 0 Å². The van der Waals surface area contributed by atoms with E-state index in [9.17, 15) is 0 Å². The number of benzene rings is 3. The zero-order valence-corrected chi connectivity index (χ0v) is 10.8. The first-order chi connectivity index (χ1) is 8.75. The highest BCUT2D eigenvalue weighted by Crippen LogP contribution is 2.33. The molecule has 3 aromatic carbocycles. The van der Waals surface area contributed by atoms with Gasteiger partial charge in [0.1, 0.15) is 0 Å². The van der Waals surface area contributed by atoms with E-state index in [1.54, 1.807) is 0 Å². The lowest BCUT2D eigenvalue weighted by Crippen LogP contribution is -2.10. The van der Waals surface area contributed by atoms with Gasteiger partial charge in [-0.15, -0.1) is 0 Å². The molecule has 0 bridgehead atoms. The summed E-state index contributed by atoms with van der Waals surface area (Å²) in [6.07, 6.45) is 0. The average molecular weight is 235 g/mol. The molecule has 0 aliphatic carbocycles. The third-order valence-electron chi connectivity index (χ3n) is 3.20. The standard InChI is InChI=1S/C17H17N/c1-12(2)18-17-15-9-5-3-7-13(15)11-14-8-4-6-10-16(14)17/h3-12,18H,1-2H3. The Labute approximate surface area is 107 Å². The largest absolute Gasteiger partial charge is 0.382 e. The molecule has 1 nitrogen and oxygen atoms in total. The number of nitrogens with one attached hydrogen (secondary N) is 1. The lowest BCUT2D eigenvalue weighted by molar-refractivity contribution is 0.903. The van der Waals surface area contributed by atoms with Crippen molar-refractivity contribution >= 4 is 27.2 Å². The molecule has 0 radical (unpaired) electrons. The second kappa shape index (κ2) is 4.34. The predicted molar refractivity (Wildman–Crippen MR) is 80.2 cm³/mol. The Morgan fingerprint density at radius 1 is 0.778 bits per heavy atom. The summed E-state index contributed by atoms with van der Waals surface area (Å²) in [5, 5.41) is 8.77. The van der Waals surface area contributed by atoms with Crippen molar-refractivity contribution in [2.24, 2.45) is 0 Å². The number of fused-ring (bicyclic) bond motifs is 2. The molecule has 0 aliphatic rings. The summed E-state index contributed by atoms with van der Waals surface area (Å²) in [5.41, 5.74) is 1.25. The molecule has 0 saturated carbocycles. The minimum atomic E-state index is 0.430. The van der Waals surface area contributed by atoms with Crippen LogP contribution in [0.3, 0.4) is 0 Å². The molecular formula is C17H17N. The molecule has 90 valence electrons. The van der Waals surface area contributed by atoms with E-state index in [0.29, 0.717) is 6.04 Å². The van der Waals surface area contributed by atoms with E-state index in [-0.39, 0.29) is 0 Å². The van der Waals surface area contributed by atoms with Crippen LogP contribution in [0.4, 0.5) is 5.69 Å². The fourth-order valence-electron chi connectivity index (χ4n) is 2.46. The molecule has 0 spiro atoms. The van der Waals surface area contributed by atoms with Gasteiger partial charge in [0.2, 0.25) is 0 Å². The maximum absolute atomic E-state index is 3.59. The Bertz CT molecular complexity index is 644. The second-order valence-corrected chi connectivity index (χ2v) is 4.99. The number of anilines is 1. The minimum absolute atomic E-state index is 0.430. The SMILES string of the molecule is CC(C)Nc1c2ccccc2cc2ccccc12. The van der Waals surface area contributed by atoms with Gasteiger partial charge in [-0.3, -0.25) is 0 Å². The molecule has 3 rings (SSSR count). The summed E-state index contributed by atoms with van der Waals surface area (Å²) in [4.78, 5) is 0. The Morgan fingerprint density at radius 3 is 1.78 bits per heavy atom. The van der Waals surface area contributed by atoms with Crippen LogP contribution in [0.25, 0.3) is 21.5 Å². The maximum Gasteiger partial charge on any atom is 0.0501 e. The van der Waals surface area contributed by atoms with Crippen LogP contribution in [0.1, 0.15) is 13.8 Å². The third kappa shape index (κ3) is 1.82. The van der Waals surface area contributed by atoms with Crippen molar-refractivity contribution in [1.82, 2.24) is 0 Å². The lowest BCUT2D eigenvalue weighted by Gasteiger charge is -2.16. The normalized spacial score (nSPS) is 11.3. The van der Waals surface area contributed by atoms with Crippen LogP contribution in [0.5, 0.6) is 0 Å². The zero-order chi connectivity index (χ0) is 12.5. The van der Waals surface area contributed by atoms with E-state index in [4.69, 9.17) is 0 Å². The van der Waals surface area contributed by atoms with Crippen LogP contribution < -0.4 is 5.32 Å². The van der Waals surface area contributed by atoms with Gasteiger partial charge in [0.15, 0.2) is 0 Å². The van der Waals surface area contributed by atoms with Gasteiger partial charge in [-0.25, -0.2) is 0 Å². The first kappa shape index (κ1) is 11.1. The number of hydrogen-bond donors (Lipinski definition) is 1. The smallest absolute Gasteiger partial charge is 0.0501 e. The maximum atomic E-state index is 3.59. The Hall–Kier alpha value is -2.02. The topological polar surface area (TPSA) is 12.0 Å². The average Bonchev–Trinajstić information content (AvgIpc) is 2.38. The lowest BCUT2D eigenvalue weighted by atomic mass is 10.0. The summed E-state index contributed by atoms with van der Waals surface area (Å²) in [6.45, 7) is 4.35. The number of hydrogen-bond acceptors (Lipinski definition) is 1. The summed E-state index contributed by atoms with van der Waals surface area (Å²) in [7, 11) is 0. The van der Waals surface area contributed by atoms with Crippen molar-refractivity contribution in [2.45, 2.75) is 19.9 Å². The molecule has 0 unspecified atom stereocenters. The monoisotopic (exact) mass is 235 g/mol. The van der Waals surface area contributed by atoms with E-state index in [0.717, 1.165) is 0 Å². The molecule has 3 aromatic rings. The van der Waals surface area contributed by atoms with Gasteiger partial charge < -0.3 is 5.32 Å². The van der Waals surface area contributed by atoms with Gasteiger partial charge in [0, 0.05) is 16.8 Å². The molecule has 0 aromatic heterocycles. The first-order valence-electron chi connectivity index (χ1n) is 6.43. The van der Waals surface area contributed by atoms with Crippen LogP contribution in [0.15, 0.2) is 54.6 Å². The van der Waals surface area contributed by atoms with Gasteiger partial charge >= 0.3 is 0 Å². The van der Waals surface area contributed by atoms with Gasteiger partial charge in [-0.05, 0) is 30.7 Å². The fraction of sp³-hybridized carbons (Fsp3) is 0.176. The Balaban J connectivity index is 2.41. The quantitative estimate of drug-likeness (QED) is 0.628. The van der Waals surface area contributed by atoms with Crippen LogP contribution >= 0.6 is 0 Å². The molecule has 0 amide bonds. The molecule has 1 N–H and O–H groups in total. The van der Waals surface area contributed by atoms with Crippen molar-refractivity contribution < 1.29 is 0 Å². The summed E-state index contributed by atoms with van der Waals surface area (Å²) in [6, 6.07) is 19.8. The van der Waals surface area contributed by atoms with E-state index in [1.165, 1.54) is 27.2 Å². The van der Waals surface area contributed by atoms with Crippen LogP contribution in [0, 0.1) is 0 Å². The van der Waals surface area contributed by atoms with E-state index >= 15 is 0 Å². The molecular weight excluding hydrogens is 218 g/mol. The first-order valence-corrected chi connectivity index (χ1v) is 6.43. The zero-order valence-electron chi connectivity index (χ0n) is 10.8. The molecule has 0 aliphatic heterocycles. The van der Waals surface area contributed by atoms with Gasteiger partial charge in [0.25, 0.3) is 0 Å². The molecule has 0 atom stereocenters. The van der Waals surface area contributed by atoms with Crippen LogP contribution in [-0.4, -0.2) is 6.04 Å². The van der Waals surface area contributed by atoms with Crippen molar-refractivity contribution in [3.63, 3.8) is 0 Å². The minimum Gasteiger partial charge on any atom is -0.382 e. The highest BCUT2D eigenvalue weighted by molar-refractivity contribution is 6.11. The van der Waals surface area contributed by atoms with Crippen molar-refractivity contribution in [3.8, 4) is 0 Å². The molecule has 0 saturated heterocycles. The van der Waals surface area contributed by atoms with Gasteiger partial charge in [-0.2, -0.15) is 0 Å². The van der Waals surface area contributed by atoms with Crippen LogP contribution in [0.2, 0.25) is 0 Å². The molecule has 1 heteroatoms. The molecule has 0 fully saturated rings. The fourth-order valence-corrected chi connectivity index (χ4v) is 2.46. The van der Waals surface area contributed by atoms with Crippen molar-refractivity contribution in [3.05, 3.63) is 54.6 Å². The Morgan fingerprint density at radius 2 is 1.28 bits per heavy atom. The molecule has 0 heterocycles. The van der Waals surface area contributed by atoms with E-state index in [1.807, 2.05) is 0 Å². The number of rotatable bonds is 2. The summed E-state index contributed by atoms with van der Waals surface area (Å²) in [5.74, 6) is 0. The van der Waals surface area contributed by atoms with Gasteiger partial charge in [-0.1, -0.05) is 48.5 Å². The molecule has 18 heavy (non-hydrogen) atoms. The van der Waals surface area contributed by atoms with Crippen LogP contribution in [-0.2, 0) is 0 Å². The predicted octanol–water partition coefficient (Wildman–Crippen LogP) is 4.81. The summed E-state index contributed by atoms with van der Waals surface area (Å²) >= 11 is 0. The third-order valence-corrected chi connectivity index (χ3v) is 3.20.